The van der Waals surface area contributed by atoms with Gasteiger partial charge in [0.2, 0.25) is 0 Å². The van der Waals surface area contributed by atoms with Crippen LogP contribution in [-0.4, -0.2) is 23.2 Å². The highest BCUT2D eigenvalue weighted by Crippen LogP contribution is 2.31. The molecular weight excluding hydrogens is 471 g/mol. The van der Waals surface area contributed by atoms with Gasteiger partial charge in [0, 0.05) is 12.1 Å². The van der Waals surface area contributed by atoms with Crippen LogP contribution in [0.4, 0.5) is 13.2 Å². The van der Waals surface area contributed by atoms with E-state index in [2.05, 4.69) is 11.9 Å². The summed E-state index contributed by atoms with van der Waals surface area (Å²) in [5.41, 5.74) is -0.0392. The quantitative estimate of drug-likeness (QED) is 0.311. The number of rotatable bonds is 9. The minimum Gasteiger partial charge on any atom is -0.509 e. The fourth-order valence-electron chi connectivity index (χ4n) is 3.30. The van der Waals surface area contributed by atoms with Crippen LogP contribution in [0.1, 0.15) is 40.9 Å². The van der Waals surface area contributed by atoms with Crippen molar-refractivity contribution in [3.63, 3.8) is 0 Å². The van der Waals surface area contributed by atoms with Crippen LogP contribution in [0.3, 0.4) is 0 Å². The van der Waals surface area contributed by atoms with Gasteiger partial charge in [-0.1, -0.05) is 30.8 Å². The maximum atomic E-state index is 12.9. The summed E-state index contributed by atoms with van der Waals surface area (Å²) in [6, 6.07) is 16.8. The Labute approximate surface area is 208 Å². The van der Waals surface area contributed by atoms with E-state index in [0.29, 0.717) is 28.4 Å². The third-order valence-corrected chi connectivity index (χ3v) is 5.49. The van der Waals surface area contributed by atoms with Crippen LogP contribution < -0.4 is 14.8 Å². The number of nitrogens with one attached hydrogen (secondary N) is 1. The Balaban J connectivity index is 1.61. The molecule has 0 heterocycles. The molecule has 0 saturated heterocycles. The number of halogens is 3. The molecule has 0 spiro atoms. The Bertz CT molecular complexity index is 1250. The number of amides is 1. The Morgan fingerprint density at radius 2 is 1.69 bits per heavy atom. The normalized spacial score (nSPS) is 11.6. The van der Waals surface area contributed by atoms with E-state index in [4.69, 9.17) is 9.47 Å². The zero-order valence-electron chi connectivity index (χ0n) is 20.3. The average molecular weight is 500 g/mol. The molecule has 2 N–H and O–H groups in total. The predicted molar refractivity (Wildman–Crippen MR) is 132 cm³/mol. The van der Waals surface area contributed by atoms with Gasteiger partial charge in [-0.05, 0) is 80.8 Å². The zero-order valence-corrected chi connectivity index (χ0v) is 20.3. The first-order valence-electron chi connectivity index (χ1n) is 11.3. The van der Waals surface area contributed by atoms with Crippen molar-refractivity contribution < 1.29 is 32.5 Å². The Morgan fingerprint density at radius 1 is 1.00 bits per heavy atom. The Morgan fingerprint density at radius 3 is 2.36 bits per heavy atom. The van der Waals surface area contributed by atoms with Gasteiger partial charge in [-0.15, -0.1) is 0 Å². The summed E-state index contributed by atoms with van der Waals surface area (Å²) in [6.07, 6.45) is -4.14. The summed E-state index contributed by atoms with van der Waals surface area (Å²) >= 11 is 0. The molecule has 0 aliphatic carbocycles. The standard InChI is InChI=1S/C28H28F3NO4/c1-18-15-24(11-12-25(18)36-27(3,4)19(2)33)35-23-10-6-8-21(17-23)26(34)32-14-13-20-7-5-9-22(16-20)28(29,30)31/h5-12,15-17,33H,2,13-14H2,1,3-4H3,(H,32,34). The molecule has 0 atom stereocenters. The molecule has 1 amide bonds. The van der Waals surface area contributed by atoms with E-state index in [1.165, 1.54) is 6.07 Å². The van der Waals surface area contributed by atoms with Crippen LogP contribution in [0.5, 0.6) is 17.2 Å². The van der Waals surface area contributed by atoms with E-state index in [1.54, 1.807) is 62.4 Å². The molecule has 190 valence electrons. The van der Waals surface area contributed by atoms with Crippen molar-refractivity contribution >= 4 is 5.91 Å². The maximum Gasteiger partial charge on any atom is 0.416 e. The van der Waals surface area contributed by atoms with E-state index >= 15 is 0 Å². The fourth-order valence-corrected chi connectivity index (χ4v) is 3.30. The number of aryl methyl sites for hydroxylation is 1. The summed E-state index contributed by atoms with van der Waals surface area (Å²) in [5, 5.41) is 12.4. The van der Waals surface area contributed by atoms with Gasteiger partial charge in [0.05, 0.1) is 5.56 Å². The fraction of sp³-hybridized carbons (Fsp3) is 0.250. The van der Waals surface area contributed by atoms with Crippen molar-refractivity contribution in [3.05, 3.63) is 101 Å². The molecule has 0 bridgehead atoms. The van der Waals surface area contributed by atoms with E-state index in [-0.39, 0.29) is 24.6 Å². The molecule has 0 aliphatic heterocycles. The number of hydrogen-bond donors (Lipinski definition) is 2. The number of carbonyl (C=O) groups excluding carboxylic acids is 1. The van der Waals surface area contributed by atoms with Gasteiger partial charge in [0.1, 0.15) is 23.0 Å². The first-order valence-corrected chi connectivity index (χ1v) is 11.3. The van der Waals surface area contributed by atoms with Gasteiger partial charge in [-0.25, -0.2) is 0 Å². The molecule has 0 radical (unpaired) electrons. The van der Waals surface area contributed by atoms with Crippen LogP contribution in [-0.2, 0) is 12.6 Å². The SMILES string of the molecule is C=C(O)C(C)(C)Oc1ccc(Oc2cccc(C(=O)NCCc3cccc(C(F)(F)F)c3)c2)cc1C. The van der Waals surface area contributed by atoms with Crippen molar-refractivity contribution in [2.24, 2.45) is 0 Å². The molecule has 5 nitrogen and oxygen atoms in total. The van der Waals surface area contributed by atoms with Gasteiger partial charge in [0.15, 0.2) is 5.60 Å². The van der Waals surface area contributed by atoms with Crippen LogP contribution >= 0.6 is 0 Å². The van der Waals surface area contributed by atoms with Crippen LogP contribution in [0.2, 0.25) is 0 Å². The second-order valence-electron chi connectivity index (χ2n) is 8.82. The number of hydrogen-bond acceptors (Lipinski definition) is 4. The van der Waals surface area contributed by atoms with Crippen molar-refractivity contribution in [1.29, 1.82) is 0 Å². The molecular formula is C28H28F3NO4. The van der Waals surface area contributed by atoms with Gasteiger partial charge in [0.25, 0.3) is 5.91 Å². The molecule has 0 unspecified atom stereocenters. The molecule has 0 fully saturated rings. The number of carbonyl (C=O) groups is 1. The lowest BCUT2D eigenvalue weighted by Gasteiger charge is -2.26. The Hall–Kier alpha value is -3.94. The third-order valence-electron chi connectivity index (χ3n) is 5.49. The number of alkyl halides is 3. The number of benzene rings is 3. The molecule has 8 heteroatoms. The van der Waals surface area contributed by atoms with Crippen molar-refractivity contribution in [1.82, 2.24) is 5.32 Å². The highest BCUT2D eigenvalue weighted by Gasteiger charge is 2.30. The smallest absolute Gasteiger partial charge is 0.416 e. The van der Waals surface area contributed by atoms with Gasteiger partial charge in [-0.2, -0.15) is 13.2 Å². The second kappa shape index (κ2) is 10.8. The molecule has 3 rings (SSSR count). The lowest BCUT2D eigenvalue weighted by atomic mass is 10.1. The molecule has 0 aromatic heterocycles. The van der Waals surface area contributed by atoms with E-state index in [9.17, 15) is 23.1 Å². The summed E-state index contributed by atoms with van der Waals surface area (Å²) in [4.78, 5) is 12.6. The van der Waals surface area contributed by atoms with Crippen molar-refractivity contribution in [2.45, 2.75) is 39.0 Å². The largest absolute Gasteiger partial charge is 0.509 e. The topological polar surface area (TPSA) is 67.8 Å². The lowest BCUT2D eigenvalue weighted by Crippen LogP contribution is -2.30. The highest BCUT2D eigenvalue weighted by molar-refractivity contribution is 5.94. The number of aliphatic hydroxyl groups is 1. The Kier molecular flexibility index (Phi) is 7.97. The van der Waals surface area contributed by atoms with Gasteiger partial charge >= 0.3 is 6.18 Å². The van der Waals surface area contributed by atoms with Crippen molar-refractivity contribution in [3.8, 4) is 17.2 Å². The van der Waals surface area contributed by atoms with E-state index in [1.807, 2.05) is 6.92 Å². The van der Waals surface area contributed by atoms with Crippen LogP contribution in [0.25, 0.3) is 0 Å². The number of ether oxygens (including phenoxy) is 2. The highest BCUT2D eigenvalue weighted by atomic mass is 19.4. The second-order valence-corrected chi connectivity index (χ2v) is 8.82. The van der Waals surface area contributed by atoms with Gasteiger partial charge in [-0.3, -0.25) is 4.79 Å². The molecule has 0 aliphatic rings. The molecule has 0 saturated carbocycles. The van der Waals surface area contributed by atoms with Crippen LogP contribution in [0.15, 0.2) is 79.1 Å². The lowest BCUT2D eigenvalue weighted by molar-refractivity contribution is -0.137. The summed E-state index contributed by atoms with van der Waals surface area (Å²) in [6.45, 7) is 8.96. The van der Waals surface area contributed by atoms with E-state index < -0.39 is 17.3 Å². The average Bonchev–Trinajstić information content (AvgIpc) is 2.80. The zero-order chi connectivity index (χ0) is 26.5. The first kappa shape index (κ1) is 26.7. The molecule has 3 aromatic rings. The van der Waals surface area contributed by atoms with Crippen LogP contribution in [0, 0.1) is 6.92 Å². The predicted octanol–water partition coefficient (Wildman–Crippen LogP) is 7.01. The maximum absolute atomic E-state index is 12.9. The molecule has 36 heavy (non-hydrogen) atoms. The van der Waals surface area contributed by atoms with E-state index in [0.717, 1.165) is 17.7 Å². The van der Waals surface area contributed by atoms with Crippen molar-refractivity contribution in [2.75, 3.05) is 6.54 Å². The summed E-state index contributed by atoms with van der Waals surface area (Å²) in [5.74, 6) is 1.09. The first-order chi connectivity index (χ1) is 16.8. The monoisotopic (exact) mass is 499 g/mol. The minimum absolute atomic E-state index is 0.0906. The number of aliphatic hydroxyl groups excluding tert-OH is 1. The third kappa shape index (κ3) is 7.04. The minimum atomic E-state index is -4.41. The molecule has 3 aromatic carbocycles. The summed E-state index contributed by atoms with van der Waals surface area (Å²) in [7, 11) is 0. The summed E-state index contributed by atoms with van der Waals surface area (Å²) < 4.78 is 50.3. The van der Waals surface area contributed by atoms with Gasteiger partial charge < -0.3 is 19.9 Å².